The second-order valence-corrected chi connectivity index (χ2v) is 34.7. The maximum absolute atomic E-state index is 15.2. The van der Waals surface area contributed by atoms with Crippen molar-refractivity contribution < 1.29 is 117 Å². The third kappa shape index (κ3) is 33.1. The van der Waals surface area contributed by atoms with E-state index in [9.17, 15) is 78.9 Å². The van der Waals surface area contributed by atoms with Crippen molar-refractivity contribution in [3.63, 3.8) is 0 Å². The molecule has 0 bridgehead atoms. The predicted molar refractivity (Wildman–Crippen MR) is 484 cm³/mol. The van der Waals surface area contributed by atoms with Gasteiger partial charge in [0, 0.05) is 83.8 Å². The number of ether oxygens (including phenoxy) is 4. The molecule has 0 spiro atoms. The lowest BCUT2D eigenvalue weighted by atomic mass is 10.0. The summed E-state index contributed by atoms with van der Waals surface area (Å²) in [5.74, 6) is -10.2. The van der Waals surface area contributed by atoms with Gasteiger partial charge in [-0.2, -0.15) is 0 Å². The topological polar surface area (TPSA) is 545 Å². The van der Waals surface area contributed by atoms with Gasteiger partial charge in [-0.1, -0.05) is 72.8 Å². The Labute approximate surface area is 754 Å². The number of anilines is 6. The number of carboxylic acid groups (broad SMARTS) is 1. The van der Waals surface area contributed by atoms with Crippen molar-refractivity contribution in [1.82, 2.24) is 31.9 Å². The van der Waals surface area contributed by atoms with Crippen LogP contribution >= 0.6 is 0 Å². The van der Waals surface area contributed by atoms with E-state index in [1.54, 1.807) is 83.1 Å². The number of aromatic hydroxyl groups is 6. The molecule has 0 radical (unpaired) electrons. The highest BCUT2D eigenvalue weighted by molar-refractivity contribution is 6.08. The zero-order valence-corrected chi connectivity index (χ0v) is 73.8. The molecule has 0 fully saturated rings. The Morgan fingerprint density at radius 2 is 0.389 bits per heavy atom. The minimum atomic E-state index is -1.69. The molecule has 0 saturated carbocycles. The smallest absolute Gasteiger partial charge is 0.408 e. The summed E-state index contributed by atoms with van der Waals surface area (Å²) in [6, 6.07) is 34.9. The second-order valence-electron chi connectivity index (χ2n) is 34.7. The first-order chi connectivity index (χ1) is 61.4. The van der Waals surface area contributed by atoms with Gasteiger partial charge in [0.05, 0.1) is 5.56 Å². The molecule has 36 heteroatoms. The number of nitrogens with one attached hydrogen (secondary N) is 12. The number of carbonyl (C=O) groups is 13. The molecule has 9 rings (SSSR count). The Kier molecular flexibility index (Phi) is 32.9. The number of carbonyl (C=O) groups excluding carboxylic acids is 12. The van der Waals surface area contributed by atoms with Crippen molar-refractivity contribution in [1.29, 1.82) is 0 Å². The van der Waals surface area contributed by atoms with E-state index >= 15 is 19.2 Å². The van der Waals surface area contributed by atoms with Crippen LogP contribution in [0.25, 0.3) is 0 Å². The number of phenols is 6. The van der Waals surface area contributed by atoms with Gasteiger partial charge in [-0.3, -0.25) is 38.4 Å². The molecule has 6 atom stereocenters. The quantitative estimate of drug-likeness (QED) is 0.0170. The fraction of sp³-hybridized carbons (Fsp3) is 0.295. The highest BCUT2D eigenvalue weighted by Crippen LogP contribution is 2.29. The van der Waals surface area contributed by atoms with Crippen LogP contribution in [0.5, 0.6) is 34.5 Å². The summed E-state index contributed by atoms with van der Waals surface area (Å²) >= 11 is 0. The first-order valence-electron chi connectivity index (χ1n) is 41.3. The van der Waals surface area contributed by atoms with E-state index < -0.39 is 142 Å². The average Bonchev–Trinajstić information content (AvgIpc) is 0.820. The highest BCUT2D eigenvalue weighted by atomic mass is 16.6. The van der Waals surface area contributed by atoms with Crippen LogP contribution in [0, 0.1) is 0 Å². The summed E-state index contributed by atoms with van der Waals surface area (Å²) in [7, 11) is 0. The Morgan fingerprint density at radius 1 is 0.237 bits per heavy atom. The summed E-state index contributed by atoms with van der Waals surface area (Å²) in [4.78, 5) is 186. The first-order valence-corrected chi connectivity index (χ1v) is 41.3. The van der Waals surface area contributed by atoms with Crippen LogP contribution in [-0.4, -0.2) is 172 Å². The SMILES string of the molecule is CC(C)(C)OC(=O)N[C@@H](Cc1ccc(O)cc1)C(=O)Nc1cc(NC(=O)[C@H](Cc2ccc(O)cc2)NC(=O)OC(C)(C)C)cc(C(=O)N[C@@H](Cc2ccc(O)cc2)C(=O)Nc2cc(NC(=O)[C@H](Cc3ccc(O)cc3)NC(=O)c3cc(NC(=O)[C@H](Cc4ccc(O)cc4)NC(=O)OC(C)(C)C)cc(NC(=O)[C@H](Cc4ccc(O)cc4)NC(=O)OC(C)(C)C)c3)cc(C(=O)O)c2)c1. The Balaban J connectivity index is 1.07. The maximum Gasteiger partial charge on any atom is 0.408 e. The molecule has 19 N–H and O–H groups in total. The minimum absolute atomic E-state index is 0.0992. The largest absolute Gasteiger partial charge is 0.508 e. The fourth-order valence-corrected chi connectivity index (χ4v) is 12.8. The first kappa shape index (κ1) is 98.9. The van der Waals surface area contributed by atoms with E-state index in [1.807, 2.05) is 0 Å². The number of rotatable bonds is 33. The van der Waals surface area contributed by atoms with Gasteiger partial charge in [-0.25, -0.2) is 24.0 Å². The van der Waals surface area contributed by atoms with E-state index in [-0.39, 0.29) is 118 Å². The molecular formula is C95H106N12O24. The standard InChI is InChI=1S/C95H106N12O24/c1-92(2,3)128-88(124)104-75(39-54-17-29-69(110)30-18-54)83(118)96-61-43-58(44-62(49-61)97-84(119)76(105-89(125)129-93(4,5)6)40-55-19-31-70(111)32-20-55)79(114)102-73(37-52-13-25-67(108)26-14-52)81(116)100-65-47-60(87(122)123)48-66(51-65)101-82(117)74(38-53-15-27-68(109)28-16-53)103-80(115)59-45-63(98-85(120)77(106-90(126)130-94(7,8)9)41-56-21-33-71(112)34-22-56)50-64(46-59)99-86(121)78(107-91(127)131-95(10,11)12)42-57-23-35-72(113)36-24-57/h13-36,43-51,73-78,108-113H,37-42H2,1-12H3,(H,96,118)(H,97,119)(H,98,120)(H,99,121)(H,100,116)(H,101,117)(H,102,114)(H,103,115)(H,104,124)(H,105,125)(H,106,126)(H,107,127)(H,122,123)/t73-,74-,75-,76-,77-,78-/m0/s1. The molecule has 0 aliphatic carbocycles. The number of carboxylic acids is 1. The van der Waals surface area contributed by atoms with Crippen LogP contribution in [0.2, 0.25) is 0 Å². The zero-order chi connectivity index (χ0) is 96.0. The number of hydrogen-bond acceptors (Lipinski definition) is 23. The summed E-state index contributed by atoms with van der Waals surface area (Å²) in [6.07, 6.45) is -5.58. The van der Waals surface area contributed by atoms with Gasteiger partial charge < -0.3 is 118 Å². The second kappa shape index (κ2) is 43.5. The third-order valence-corrected chi connectivity index (χ3v) is 18.7. The fourth-order valence-electron chi connectivity index (χ4n) is 12.8. The molecule has 36 nitrogen and oxygen atoms in total. The van der Waals surface area contributed by atoms with Crippen LogP contribution < -0.4 is 63.8 Å². The molecule has 9 aromatic carbocycles. The molecule has 12 amide bonds. The summed E-state index contributed by atoms with van der Waals surface area (Å²) in [6.45, 7) is 19.2. The molecule has 131 heavy (non-hydrogen) atoms. The Hall–Kier alpha value is -15.9. The van der Waals surface area contributed by atoms with Crippen LogP contribution in [0.3, 0.4) is 0 Å². The van der Waals surface area contributed by atoms with E-state index in [0.29, 0.717) is 33.4 Å². The molecule has 0 unspecified atom stereocenters. The van der Waals surface area contributed by atoms with E-state index in [0.717, 1.165) is 42.5 Å². The Morgan fingerprint density at radius 3 is 0.542 bits per heavy atom. The molecule has 0 aliphatic rings. The lowest BCUT2D eigenvalue weighted by Gasteiger charge is -2.24. The van der Waals surface area contributed by atoms with E-state index in [1.165, 1.54) is 158 Å². The minimum Gasteiger partial charge on any atom is -0.508 e. The molecule has 0 saturated heterocycles. The lowest BCUT2D eigenvalue weighted by molar-refractivity contribution is -0.118. The van der Waals surface area contributed by atoms with Crippen LogP contribution in [0.15, 0.2) is 200 Å². The van der Waals surface area contributed by atoms with Gasteiger partial charge in [0.2, 0.25) is 35.4 Å². The van der Waals surface area contributed by atoms with Crippen molar-refractivity contribution in [2.24, 2.45) is 0 Å². The van der Waals surface area contributed by atoms with Gasteiger partial charge in [-0.05, 0) is 244 Å². The van der Waals surface area contributed by atoms with Crippen LogP contribution in [0.4, 0.5) is 53.3 Å². The normalized spacial score (nSPS) is 12.7. The molecule has 0 heterocycles. The van der Waals surface area contributed by atoms with Crippen molar-refractivity contribution >= 4 is 112 Å². The number of alkyl carbamates (subject to hydrolysis) is 4. The summed E-state index contributed by atoms with van der Waals surface area (Å²) in [5, 5.41) is 103. The zero-order valence-electron chi connectivity index (χ0n) is 73.8. The number of aromatic carboxylic acids is 1. The molecular weight excluding hydrogens is 1690 g/mol. The van der Waals surface area contributed by atoms with Gasteiger partial charge in [0.1, 0.15) is 93.2 Å². The number of hydrogen-bond donors (Lipinski definition) is 19. The van der Waals surface area contributed by atoms with E-state index in [2.05, 4.69) is 63.8 Å². The summed E-state index contributed by atoms with van der Waals surface area (Å²) < 4.78 is 22.0. The maximum atomic E-state index is 15.2. The molecule has 0 aliphatic heterocycles. The average molecular weight is 1800 g/mol. The molecule has 0 aromatic heterocycles. The van der Waals surface area contributed by atoms with Crippen LogP contribution in [0.1, 0.15) is 148 Å². The summed E-state index contributed by atoms with van der Waals surface area (Å²) in [5.41, 5.74) is -4.45. The highest BCUT2D eigenvalue weighted by Gasteiger charge is 2.34. The Bertz CT molecular complexity index is 5090. The van der Waals surface area contributed by atoms with Crippen molar-refractivity contribution in [3.05, 3.63) is 250 Å². The number of phenolic OH excluding ortho intramolecular Hbond substituents is 6. The van der Waals surface area contributed by atoms with E-state index in [4.69, 9.17) is 18.9 Å². The molecule has 690 valence electrons. The van der Waals surface area contributed by atoms with Crippen molar-refractivity contribution in [3.8, 4) is 34.5 Å². The van der Waals surface area contributed by atoms with Gasteiger partial charge in [-0.15, -0.1) is 0 Å². The van der Waals surface area contributed by atoms with Crippen molar-refractivity contribution in [2.45, 2.75) is 180 Å². The predicted octanol–water partition coefficient (Wildman–Crippen LogP) is 11.9. The monoisotopic (exact) mass is 1800 g/mol. The molecule has 9 aromatic rings. The number of benzene rings is 9. The van der Waals surface area contributed by atoms with Gasteiger partial charge in [0.15, 0.2) is 0 Å². The van der Waals surface area contributed by atoms with Gasteiger partial charge in [0.25, 0.3) is 11.8 Å². The van der Waals surface area contributed by atoms with Crippen LogP contribution in [-0.2, 0) is 86.2 Å². The van der Waals surface area contributed by atoms with Gasteiger partial charge >= 0.3 is 30.3 Å². The van der Waals surface area contributed by atoms with Crippen molar-refractivity contribution in [2.75, 3.05) is 31.9 Å². The lowest BCUT2D eigenvalue weighted by Crippen LogP contribution is -2.47. The third-order valence-electron chi connectivity index (χ3n) is 18.7. The number of amides is 12.